The van der Waals surface area contributed by atoms with E-state index in [0.717, 1.165) is 22.8 Å². The minimum absolute atomic E-state index is 0.376. The Hall–Kier alpha value is -3.20. The van der Waals surface area contributed by atoms with Crippen LogP contribution in [0.3, 0.4) is 0 Å². The number of sulfonamides is 1. The molecule has 0 saturated carbocycles. The van der Waals surface area contributed by atoms with E-state index in [9.17, 15) is 8.42 Å². The van der Waals surface area contributed by atoms with Crippen LogP contribution >= 0.6 is 0 Å². The summed E-state index contributed by atoms with van der Waals surface area (Å²) in [6, 6.07) is 7.43. The fraction of sp³-hybridized carbons (Fsp3) is 0.318. The summed E-state index contributed by atoms with van der Waals surface area (Å²) in [6.45, 7) is 2.25. The van der Waals surface area contributed by atoms with Crippen molar-refractivity contribution in [2.45, 2.75) is 13.3 Å². The van der Waals surface area contributed by atoms with Crippen LogP contribution in [0.1, 0.15) is 18.1 Å². The summed E-state index contributed by atoms with van der Waals surface area (Å²) >= 11 is 0. The Balaban J connectivity index is 2.13. The van der Waals surface area contributed by atoms with Gasteiger partial charge in [0.25, 0.3) is 0 Å². The summed E-state index contributed by atoms with van der Waals surface area (Å²) in [5, 5.41) is 1.51. The molecule has 0 amide bonds. The summed E-state index contributed by atoms with van der Waals surface area (Å²) in [6.07, 6.45) is 5.02. The normalized spacial score (nSPS) is 11.3. The monoisotopic (exact) mass is 446 g/mol. The van der Waals surface area contributed by atoms with Crippen LogP contribution in [-0.2, 0) is 16.4 Å². The number of fused-ring (bicyclic) bond motifs is 1. The SMILES string of the molecule is CCOc1ccc2c(Cc3cc(OC)c(OC)c(OC)c3)cncc2c1NS(C)(=O)=O. The highest BCUT2D eigenvalue weighted by atomic mass is 32.2. The average molecular weight is 447 g/mol. The molecule has 31 heavy (non-hydrogen) atoms. The number of hydrogen-bond acceptors (Lipinski definition) is 7. The van der Waals surface area contributed by atoms with E-state index >= 15 is 0 Å². The summed E-state index contributed by atoms with van der Waals surface area (Å²) < 4.78 is 48.4. The molecule has 166 valence electrons. The molecule has 0 atom stereocenters. The van der Waals surface area contributed by atoms with Gasteiger partial charge in [0.15, 0.2) is 11.5 Å². The Morgan fingerprint density at radius 3 is 2.16 bits per heavy atom. The molecule has 0 unspecified atom stereocenters. The number of nitrogens with zero attached hydrogens (tertiary/aromatic N) is 1. The quantitative estimate of drug-likeness (QED) is 0.536. The second-order valence-corrected chi connectivity index (χ2v) is 8.60. The number of nitrogens with one attached hydrogen (secondary N) is 1. The van der Waals surface area contributed by atoms with E-state index in [1.807, 2.05) is 25.1 Å². The molecule has 0 radical (unpaired) electrons. The highest BCUT2D eigenvalue weighted by Crippen LogP contribution is 2.40. The largest absolute Gasteiger partial charge is 0.493 e. The van der Waals surface area contributed by atoms with Crippen molar-refractivity contribution in [3.05, 3.63) is 47.8 Å². The number of hydrogen-bond donors (Lipinski definition) is 1. The van der Waals surface area contributed by atoms with Gasteiger partial charge in [0, 0.05) is 17.8 Å². The Morgan fingerprint density at radius 2 is 1.61 bits per heavy atom. The van der Waals surface area contributed by atoms with E-state index in [0.29, 0.717) is 47.1 Å². The van der Waals surface area contributed by atoms with Gasteiger partial charge < -0.3 is 18.9 Å². The van der Waals surface area contributed by atoms with Gasteiger partial charge in [-0.05, 0) is 48.1 Å². The lowest BCUT2D eigenvalue weighted by Crippen LogP contribution is -2.11. The minimum Gasteiger partial charge on any atom is -0.493 e. The molecule has 2 aromatic carbocycles. The third-order valence-corrected chi connectivity index (χ3v) is 5.27. The summed E-state index contributed by atoms with van der Waals surface area (Å²) in [5.41, 5.74) is 2.21. The van der Waals surface area contributed by atoms with Gasteiger partial charge in [0.05, 0.1) is 39.9 Å². The van der Waals surface area contributed by atoms with Gasteiger partial charge >= 0.3 is 0 Å². The fourth-order valence-electron chi connectivity index (χ4n) is 3.45. The molecular weight excluding hydrogens is 420 g/mol. The molecule has 9 heteroatoms. The average Bonchev–Trinajstić information content (AvgIpc) is 2.74. The number of pyridine rings is 1. The predicted octanol–water partition coefficient (Wildman–Crippen LogP) is 3.62. The van der Waals surface area contributed by atoms with Crippen molar-refractivity contribution in [3.8, 4) is 23.0 Å². The van der Waals surface area contributed by atoms with Crippen molar-refractivity contribution in [2.24, 2.45) is 0 Å². The summed E-state index contributed by atoms with van der Waals surface area (Å²) in [5.74, 6) is 2.09. The molecule has 3 rings (SSSR count). The summed E-state index contributed by atoms with van der Waals surface area (Å²) in [4.78, 5) is 4.34. The number of methoxy groups -OCH3 is 3. The van der Waals surface area contributed by atoms with Gasteiger partial charge in [-0.15, -0.1) is 0 Å². The number of ether oxygens (including phenoxy) is 4. The second kappa shape index (κ2) is 9.30. The summed E-state index contributed by atoms with van der Waals surface area (Å²) in [7, 11) is 1.18. The molecule has 0 spiro atoms. The lowest BCUT2D eigenvalue weighted by atomic mass is 9.99. The number of benzene rings is 2. The van der Waals surface area contributed by atoms with Crippen LogP contribution in [0.2, 0.25) is 0 Å². The van der Waals surface area contributed by atoms with Crippen molar-refractivity contribution in [3.63, 3.8) is 0 Å². The molecule has 1 aromatic heterocycles. The third kappa shape index (κ3) is 4.93. The molecule has 0 aliphatic carbocycles. The zero-order chi connectivity index (χ0) is 22.6. The van der Waals surface area contributed by atoms with Crippen LogP contribution in [0, 0.1) is 0 Å². The van der Waals surface area contributed by atoms with E-state index in [1.54, 1.807) is 39.8 Å². The van der Waals surface area contributed by atoms with Gasteiger partial charge in [-0.25, -0.2) is 8.42 Å². The van der Waals surface area contributed by atoms with E-state index in [2.05, 4.69) is 9.71 Å². The van der Waals surface area contributed by atoms with Crippen LogP contribution in [0.15, 0.2) is 36.7 Å². The van der Waals surface area contributed by atoms with Crippen molar-refractivity contribution in [2.75, 3.05) is 38.9 Å². The predicted molar refractivity (Wildman–Crippen MR) is 120 cm³/mol. The molecule has 0 aliphatic heterocycles. The molecule has 1 heterocycles. The van der Waals surface area contributed by atoms with Gasteiger partial charge in [-0.2, -0.15) is 0 Å². The molecule has 3 aromatic rings. The zero-order valence-electron chi connectivity index (χ0n) is 18.2. The van der Waals surface area contributed by atoms with Gasteiger partial charge in [0.1, 0.15) is 5.75 Å². The van der Waals surface area contributed by atoms with Crippen LogP contribution in [0.4, 0.5) is 5.69 Å². The minimum atomic E-state index is -3.51. The van der Waals surface area contributed by atoms with Crippen LogP contribution in [0.5, 0.6) is 23.0 Å². The number of rotatable bonds is 9. The second-order valence-electron chi connectivity index (χ2n) is 6.85. The zero-order valence-corrected chi connectivity index (χ0v) is 19.0. The lowest BCUT2D eigenvalue weighted by Gasteiger charge is -2.17. The first kappa shape index (κ1) is 22.5. The van der Waals surface area contributed by atoms with E-state index in [4.69, 9.17) is 18.9 Å². The van der Waals surface area contributed by atoms with Gasteiger partial charge in [0.2, 0.25) is 15.8 Å². The Bertz CT molecular complexity index is 1170. The van der Waals surface area contributed by atoms with Crippen molar-refractivity contribution < 1.29 is 27.4 Å². The molecular formula is C22H26N2O6S. The van der Waals surface area contributed by atoms with Crippen molar-refractivity contribution >= 4 is 26.5 Å². The van der Waals surface area contributed by atoms with Gasteiger partial charge in [-0.1, -0.05) is 6.07 Å². The molecule has 8 nitrogen and oxygen atoms in total. The Kier molecular flexibility index (Phi) is 6.74. The fourth-order valence-corrected chi connectivity index (χ4v) is 4.03. The maximum atomic E-state index is 12.0. The van der Waals surface area contributed by atoms with Crippen LogP contribution in [0.25, 0.3) is 10.8 Å². The first-order valence-corrected chi connectivity index (χ1v) is 11.5. The molecule has 1 N–H and O–H groups in total. The molecule has 0 fully saturated rings. The highest BCUT2D eigenvalue weighted by Gasteiger charge is 2.17. The first-order chi connectivity index (χ1) is 14.8. The van der Waals surface area contributed by atoms with E-state index in [1.165, 1.54) is 0 Å². The molecule has 0 aliphatic rings. The smallest absolute Gasteiger partial charge is 0.229 e. The third-order valence-electron chi connectivity index (χ3n) is 4.69. The van der Waals surface area contributed by atoms with Crippen LogP contribution < -0.4 is 23.7 Å². The van der Waals surface area contributed by atoms with Gasteiger partial charge in [-0.3, -0.25) is 9.71 Å². The van der Waals surface area contributed by atoms with E-state index in [-0.39, 0.29) is 0 Å². The van der Waals surface area contributed by atoms with E-state index < -0.39 is 10.0 Å². The maximum Gasteiger partial charge on any atom is 0.229 e. The van der Waals surface area contributed by atoms with Crippen molar-refractivity contribution in [1.82, 2.24) is 4.98 Å². The van der Waals surface area contributed by atoms with Crippen molar-refractivity contribution in [1.29, 1.82) is 0 Å². The number of anilines is 1. The standard InChI is InChI=1S/C22H26N2O6S/c1-6-30-18-8-7-16-15(12-23-13-17(16)21(18)24-31(5,25)26)9-14-10-19(27-2)22(29-4)20(11-14)28-3/h7-8,10-13,24H,6,9H2,1-5H3. The lowest BCUT2D eigenvalue weighted by molar-refractivity contribution is 0.324. The Labute approximate surface area is 182 Å². The Morgan fingerprint density at radius 1 is 0.935 bits per heavy atom. The first-order valence-electron chi connectivity index (χ1n) is 9.60. The maximum absolute atomic E-state index is 12.0. The topological polar surface area (TPSA) is 96.0 Å². The molecule has 0 saturated heterocycles. The molecule has 0 bridgehead atoms. The highest BCUT2D eigenvalue weighted by molar-refractivity contribution is 7.92. The number of aromatic nitrogens is 1. The van der Waals surface area contributed by atoms with Crippen LogP contribution in [-0.4, -0.2) is 47.6 Å².